The van der Waals surface area contributed by atoms with Crippen LogP contribution in [0.15, 0.2) is 30.5 Å². The van der Waals surface area contributed by atoms with Gasteiger partial charge in [-0.25, -0.2) is 9.37 Å². The molecule has 1 aromatic carbocycles. The molecule has 2 aliphatic carbocycles. The lowest BCUT2D eigenvalue weighted by Crippen LogP contribution is -2.43. The highest BCUT2D eigenvalue weighted by Crippen LogP contribution is 2.32. The SMILES string of the molecule is NC(=O)c1cc(F)c(NC2CCCCC2N)nc1Nc1ccc2cnn(CC3CC3)c2c1. The van der Waals surface area contributed by atoms with Crippen molar-refractivity contribution in [2.45, 2.75) is 57.2 Å². The number of carbonyl (C=O) groups is 1. The van der Waals surface area contributed by atoms with Crippen molar-refractivity contribution in [3.63, 3.8) is 0 Å². The maximum absolute atomic E-state index is 14.7. The van der Waals surface area contributed by atoms with Crippen LogP contribution in [0, 0.1) is 11.7 Å². The second-order valence-electron chi connectivity index (χ2n) is 8.95. The predicted octanol–water partition coefficient (Wildman–Crippen LogP) is 3.50. The Morgan fingerprint density at radius 1 is 1.16 bits per heavy atom. The van der Waals surface area contributed by atoms with Gasteiger partial charge in [0.1, 0.15) is 5.82 Å². The van der Waals surface area contributed by atoms with Gasteiger partial charge in [-0.15, -0.1) is 0 Å². The number of primary amides is 1. The molecule has 0 spiro atoms. The summed E-state index contributed by atoms with van der Waals surface area (Å²) in [5.74, 6) is -0.410. The molecule has 2 unspecified atom stereocenters. The van der Waals surface area contributed by atoms with Gasteiger partial charge in [0.05, 0.1) is 17.3 Å². The Morgan fingerprint density at radius 3 is 2.72 bits per heavy atom. The smallest absolute Gasteiger partial charge is 0.252 e. The number of aromatic nitrogens is 3. The molecule has 2 heterocycles. The van der Waals surface area contributed by atoms with E-state index in [9.17, 15) is 9.18 Å². The molecule has 2 saturated carbocycles. The Kier molecular flexibility index (Phi) is 5.42. The number of carbonyl (C=O) groups excluding carboxylic acids is 1. The number of benzene rings is 1. The minimum Gasteiger partial charge on any atom is -0.365 e. The van der Waals surface area contributed by atoms with Gasteiger partial charge in [-0.3, -0.25) is 9.48 Å². The number of anilines is 3. The third kappa shape index (κ3) is 4.25. The molecular formula is C23H28FN7O. The van der Waals surface area contributed by atoms with Crippen LogP contribution in [-0.4, -0.2) is 32.8 Å². The van der Waals surface area contributed by atoms with Crippen molar-refractivity contribution in [3.05, 3.63) is 41.8 Å². The second kappa shape index (κ2) is 8.38. The number of amides is 1. The zero-order valence-electron chi connectivity index (χ0n) is 17.9. The average Bonchev–Trinajstić information content (AvgIpc) is 3.51. The first-order chi connectivity index (χ1) is 15.5. The van der Waals surface area contributed by atoms with E-state index in [2.05, 4.69) is 20.7 Å². The van der Waals surface area contributed by atoms with Gasteiger partial charge < -0.3 is 22.1 Å². The fourth-order valence-electron chi connectivity index (χ4n) is 4.36. The van der Waals surface area contributed by atoms with Crippen LogP contribution in [-0.2, 0) is 6.54 Å². The summed E-state index contributed by atoms with van der Waals surface area (Å²) in [7, 11) is 0. The molecule has 9 heteroatoms. The highest BCUT2D eigenvalue weighted by atomic mass is 19.1. The second-order valence-corrected chi connectivity index (χ2v) is 8.95. The Bertz CT molecular complexity index is 1160. The molecule has 2 fully saturated rings. The predicted molar refractivity (Wildman–Crippen MR) is 122 cm³/mol. The lowest BCUT2D eigenvalue weighted by atomic mass is 9.91. The van der Waals surface area contributed by atoms with Crippen LogP contribution in [0.2, 0.25) is 0 Å². The topological polar surface area (TPSA) is 124 Å². The van der Waals surface area contributed by atoms with E-state index in [0.29, 0.717) is 5.92 Å². The van der Waals surface area contributed by atoms with Gasteiger partial charge in [0.15, 0.2) is 11.6 Å². The van der Waals surface area contributed by atoms with E-state index in [-0.39, 0.29) is 29.3 Å². The molecule has 0 saturated heterocycles. The first-order valence-corrected chi connectivity index (χ1v) is 11.2. The summed E-state index contributed by atoms with van der Waals surface area (Å²) >= 11 is 0. The van der Waals surface area contributed by atoms with E-state index in [1.807, 2.05) is 29.1 Å². The van der Waals surface area contributed by atoms with Gasteiger partial charge in [-0.2, -0.15) is 5.10 Å². The summed E-state index contributed by atoms with van der Waals surface area (Å²) in [5.41, 5.74) is 13.4. The third-order valence-corrected chi connectivity index (χ3v) is 6.42. The van der Waals surface area contributed by atoms with E-state index < -0.39 is 11.7 Å². The van der Waals surface area contributed by atoms with Gasteiger partial charge in [0, 0.05) is 29.7 Å². The first kappa shape index (κ1) is 20.7. The molecular weight excluding hydrogens is 409 g/mol. The van der Waals surface area contributed by atoms with E-state index in [0.717, 1.165) is 54.9 Å². The van der Waals surface area contributed by atoms with Crippen LogP contribution in [0.1, 0.15) is 48.9 Å². The highest BCUT2D eigenvalue weighted by Gasteiger charge is 2.25. The Morgan fingerprint density at radius 2 is 1.97 bits per heavy atom. The fraction of sp³-hybridized carbons (Fsp3) is 0.435. The van der Waals surface area contributed by atoms with Gasteiger partial charge in [0.2, 0.25) is 0 Å². The standard InChI is InChI=1S/C23H28FN7O/c24-17-10-16(21(26)32)22(30-23(17)29-19-4-2-1-3-18(19)25)28-15-8-7-14-11-27-31(20(14)9-15)12-13-5-6-13/h7-11,13,18-19H,1-6,12,25H2,(H2,26,32)(H2,28,29,30). The van der Waals surface area contributed by atoms with Crippen LogP contribution >= 0.6 is 0 Å². The third-order valence-electron chi connectivity index (χ3n) is 6.42. The molecule has 0 bridgehead atoms. The molecule has 2 aliphatic rings. The monoisotopic (exact) mass is 437 g/mol. The summed E-state index contributed by atoms with van der Waals surface area (Å²) in [6, 6.07) is 6.81. The van der Waals surface area contributed by atoms with E-state index in [4.69, 9.17) is 11.5 Å². The maximum atomic E-state index is 14.7. The Balaban J connectivity index is 1.45. The molecule has 32 heavy (non-hydrogen) atoms. The van der Waals surface area contributed by atoms with E-state index in [1.54, 1.807) is 0 Å². The van der Waals surface area contributed by atoms with Crippen molar-refractivity contribution in [2.75, 3.05) is 10.6 Å². The minimum absolute atomic E-state index is 0.00687. The van der Waals surface area contributed by atoms with Gasteiger partial charge in [0.25, 0.3) is 5.91 Å². The molecule has 2 atom stereocenters. The number of hydrogen-bond acceptors (Lipinski definition) is 6. The van der Waals surface area contributed by atoms with Crippen LogP contribution < -0.4 is 22.1 Å². The average molecular weight is 438 g/mol. The summed E-state index contributed by atoms with van der Waals surface area (Å²) in [6.07, 6.45) is 8.17. The number of pyridine rings is 1. The molecule has 2 aromatic heterocycles. The molecule has 5 rings (SSSR count). The minimum atomic E-state index is -0.750. The molecule has 3 aromatic rings. The number of nitrogens with zero attached hydrogens (tertiary/aromatic N) is 3. The van der Waals surface area contributed by atoms with Gasteiger partial charge in [-0.1, -0.05) is 12.8 Å². The van der Waals surface area contributed by atoms with Crippen LogP contribution in [0.3, 0.4) is 0 Å². The quantitative estimate of drug-likeness (QED) is 0.448. The normalized spacial score (nSPS) is 20.9. The van der Waals surface area contributed by atoms with E-state index in [1.165, 1.54) is 12.8 Å². The Labute approximate surface area is 185 Å². The molecule has 1 amide bonds. The fourth-order valence-corrected chi connectivity index (χ4v) is 4.36. The molecule has 0 aliphatic heterocycles. The van der Waals surface area contributed by atoms with Crippen molar-refractivity contribution in [2.24, 2.45) is 17.4 Å². The summed E-state index contributed by atoms with van der Waals surface area (Å²) < 4.78 is 16.7. The summed E-state index contributed by atoms with van der Waals surface area (Å²) in [5, 5.41) is 11.8. The number of nitrogens with two attached hydrogens (primary N) is 2. The Hall–Kier alpha value is -3.20. The van der Waals surface area contributed by atoms with Crippen molar-refractivity contribution in [1.29, 1.82) is 0 Å². The highest BCUT2D eigenvalue weighted by molar-refractivity contribution is 5.99. The number of rotatable bonds is 7. The van der Waals surface area contributed by atoms with E-state index >= 15 is 0 Å². The molecule has 168 valence electrons. The van der Waals surface area contributed by atoms with Crippen LogP contribution in [0.4, 0.5) is 21.7 Å². The first-order valence-electron chi connectivity index (χ1n) is 11.2. The summed E-state index contributed by atoms with van der Waals surface area (Å²) in [6.45, 7) is 0.893. The van der Waals surface area contributed by atoms with Crippen molar-refractivity contribution >= 4 is 34.1 Å². The summed E-state index contributed by atoms with van der Waals surface area (Å²) in [4.78, 5) is 16.4. The van der Waals surface area contributed by atoms with Crippen molar-refractivity contribution < 1.29 is 9.18 Å². The zero-order chi connectivity index (χ0) is 22.2. The molecule has 0 radical (unpaired) electrons. The zero-order valence-corrected chi connectivity index (χ0v) is 17.9. The molecule has 6 N–H and O–H groups in total. The lowest BCUT2D eigenvalue weighted by Gasteiger charge is -2.30. The number of fused-ring (bicyclic) bond motifs is 1. The van der Waals surface area contributed by atoms with Crippen molar-refractivity contribution in [3.8, 4) is 0 Å². The van der Waals surface area contributed by atoms with Crippen molar-refractivity contribution in [1.82, 2.24) is 14.8 Å². The largest absolute Gasteiger partial charge is 0.365 e. The maximum Gasteiger partial charge on any atom is 0.252 e. The van der Waals surface area contributed by atoms with Crippen LogP contribution in [0.25, 0.3) is 10.9 Å². The number of halogens is 1. The van der Waals surface area contributed by atoms with Crippen LogP contribution in [0.5, 0.6) is 0 Å². The van der Waals surface area contributed by atoms with Gasteiger partial charge in [-0.05, 0) is 55.9 Å². The number of nitrogens with one attached hydrogen (secondary N) is 2. The van der Waals surface area contributed by atoms with Gasteiger partial charge >= 0.3 is 0 Å². The lowest BCUT2D eigenvalue weighted by molar-refractivity contribution is 0.100. The molecule has 8 nitrogen and oxygen atoms in total. The number of hydrogen-bond donors (Lipinski definition) is 4.